The summed E-state index contributed by atoms with van der Waals surface area (Å²) in [4.78, 5) is 29.9. The van der Waals surface area contributed by atoms with Crippen LogP contribution in [0.1, 0.15) is 34.8 Å². The van der Waals surface area contributed by atoms with E-state index in [4.69, 9.17) is 10.5 Å². The van der Waals surface area contributed by atoms with Crippen LogP contribution < -0.4 is 16.4 Å². The van der Waals surface area contributed by atoms with Gasteiger partial charge in [0.1, 0.15) is 11.0 Å². The number of rotatable bonds is 9. The van der Waals surface area contributed by atoms with E-state index in [-0.39, 0.29) is 11.9 Å². The van der Waals surface area contributed by atoms with Crippen molar-refractivity contribution in [2.45, 2.75) is 38.3 Å². The number of carbonyl (C=O) groups is 2. The summed E-state index contributed by atoms with van der Waals surface area (Å²) in [5.41, 5.74) is 9.43. The first kappa shape index (κ1) is 23.3. The Kier molecular flexibility index (Phi) is 8.21. The molecule has 1 heterocycles. The van der Waals surface area contributed by atoms with Crippen molar-refractivity contribution in [2.24, 2.45) is 0 Å². The Morgan fingerprint density at radius 2 is 1.72 bits per heavy atom. The van der Waals surface area contributed by atoms with Crippen LogP contribution in [0.25, 0.3) is 0 Å². The number of alkyl carbamates (subject to hydrolysis) is 1. The molecule has 0 saturated heterocycles. The lowest BCUT2D eigenvalue weighted by molar-refractivity contribution is -0.123. The summed E-state index contributed by atoms with van der Waals surface area (Å²) in [5, 5.41) is 8.57. The van der Waals surface area contributed by atoms with E-state index in [1.807, 2.05) is 66.9 Å². The summed E-state index contributed by atoms with van der Waals surface area (Å²) >= 11 is 1.52. The molecule has 0 bridgehead atoms. The predicted molar refractivity (Wildman–Crippen MR) is 126 cm³/mol. The van der Waals surface area contributed by atoms with Crippen molar-refractivity contribution in [1.29, 1.82) is 0 Å². The molecule has 7 nitrogen and oxygen atoms in total. The zero-order valence-corrected chi connectivity index (χ0v) is 19.0. The summed E-state index contributed by atoms with van der Waals surface area (Å²) in [6.07, 6.45) is 1.06. The molecule has 0 spiro atoms. The van der Waals surface area contributed by atoms with Crippen molar-refractivity contribution in [2.75, 3.05) is 12.8 Å². The van der Waals surface area contributed by atoms with E-state index in [0.717, 1.165) is 28.2 Å². The fraction of sp³-hybridized carbons (Fsp3) is 0.292. The molecule has 2 aromatic carbocycles. The number of thiazole rings is 1. The number of aryl methyl sites for hydroxylation is 1. The van der Waals surface area contributed by atoms with Crippen molar-refractivity contribution in [1.82, 2.24) is 15.6 Å². The van der Waals surface area contributed by atoms with Crippen molar-refractivity contribution in [3.63, 3.8) is 0 Å². The molecular formula is C24H28N4O3S. The van der Waals surface area contributed by atoms with Crippen LogP contribution in [0.2, 0.25) is 0 Å². The van der Waals surface area contributed by atoms with Gasteiger partial charge in [0.2, 0.25) is 5.91 Å². The van der Waals surface area contributed by atoms with Gasteiger partial charge in [-0.3, -0.25) is 4.79 Å². The standard InChI is InChI=1S/C24H28N4O3S/c1-3-19-15-32-23(26-19)21(14-17-9-11-18(25)12-10-17)27-22(29)20(28-24(30)31-2)13-16-7-5-4-6-8-16/h4-12,15,20-21H,3,13-14,25H2,1-2H3,(H,27,29)(H,28,30). The van der Waals surface area contributed by atoms with Crippen molar-refractivity contribution >= 4 is 29.0 Å². The first-order valence-electron chi connectivity index (χ1n) is 10.5. The zero-order valence-electron chi connectivity index (χ0n) is 18.2. The number of nitrogens with two attached hydrogens (primary N) is 1. The maximum absolute atomic E-state index is 13.3. The summed E-state index contributed by atoms with van der Waals surface area (Å²) in [5.74, 6) is -0.298. The Morgan fingerprint density at radius 1 is 1.03 bits per heavy atom. The molecule has 0 radical (unpaired) electrons. The number of hydrogen-bond acceptors (Lipinski definition) is 6. The summed E-state index contributed by atoms with van der Waals surface area (Å²) in [6.45, 7) is 2.04. The molecule has 0 aliphatic heterocycles. The second kappa shape index (κ2) is 11.3. The number of nitrogens with one attached hydrogen (secondary N) is 2. The van der Waals surface area contributed by atoms with Gasteiger partial charge < -0.3 is 21.1 Å². The first-order valence-corrected chi connectivity index (χ1v) is 11.3. The molecular weight excluding hydrogens is 424 g/mol. The van der Waals surface area contributed by atoms with Crippen LogP contribution in [0.3, 0.4) is 0 Å². The van der Waals surface area contributed by atoms with Gasteiger partial charge in [0.15, 0.2) is 0 Å². The van der Waals surface area contributed by atoms with Crippen LogP contribution in [0.15, 0.2) is 60.0 Å². The summed E-state index contributed by atoms with van der Waals surface area (Å²) in [7, 11) is 1.28. The zero-order chi connectivity index (χ0) is 22.9. The quantitative estimate of drug-likeness (QED) is 0.430. The maximum Gasteiger partial charge on any atom is 0.407 e. The molecule has 168 valence electrons. The average molecular weight is 453 g/mol. The molecule has 32 heavy (non-hydrogen) atoms. The van der Waals surface area contributed by atoms with Crippen molar-refractivity contribution in [3.05, 3.63) is 81.8 Å². The third-order valence-corrected chi connectivity index (χ3v) is 6.05. The highest BCUT2D eigenvalue weighted by Gasteiger charge is 2.26. The van der Waals surface area contributed by atoms with E-state index in [1.165, 1.54) is 18.4 Å². The largest absolute Gasteiger partial charge is 0.453 e. The topological polar surface area (TPSA) is 106 Å². The normalized spacial score (nSPS) is 12.6. The monoisotopic (exact) mass is 452 g/mol. The highest BCUT2D eigenvalue weighted by atomic mass is 32.1. The number of ether oxygens (including phenoxy) is 1. The average Bonchev–Trinajstić information content (AvgIpc) is 3.29. The maximum atomic E-state index is 13.3. The highest BCUT2D eigenvalue weighted by Crippen LogP contribution is 2.23. The van der Waals surface area contributed by atoms with Crippen LogP contribution in [-0.4, -0.2) is 30.1 Å². The number of nitrogens with zero attached hydrogens (tertiary/aromatic N) is 1. The van der Waals surface area contributed by atoms with Gasteiger partial charge in [-0.15, -0.1) is 11.3 Å². The molecule has 2 atom stereocenters. The minimum atomic E-state index is -0.788. The molecule has 0 aliphatic rings. The Balaban J connectivity index is 1.82. The SMILES string of the molecule is CCc1csc(C(Cc2ccc(N)cc2)NC(=O)C(Cc2ccccc2)NC(=O)OC)n1. The van der Waals surface area contributed by atoms with Crippen LogP contribution in [-0.2, 0) is 28.8 Å². The van der Waals surface area contributed by atoms with Gasteiger partial charge in [0, 0.05) is 17.5 Å². The summed E-state index contributed by atoms with van der Waals surface area (Å²) in [6, 6.07) is 16.0. The van der Waals surface area contributed by atoms with E-state index in [1.54, 1.807) is 0 Å². The van der Waals surface area contributed by atoms with Crippen LogP contribution >= 0.6 is 11.3 Å². The number of amides is 2. The van der Waals surface area contributed by atoms with Gasteiger partial charge in [-0.05, 0) is 36.1 Å². The van der Waals surface area contributed by atoms with E-state index in [9.17, 15) is 9.59 Å². The number of benzene rings is 2. The first-order chi connectivity index (χ1) is 15.5. The molecule has 4 N–H and O–H groups in total. The van der Waals surface area contributed by atoms with Crippen molar-refractivity contribution < 1.29 is 14.3 Å². The van der Waals surface area contributed by atoms with Crippen LogP contribution in [0, 0.1) is 0 Å². The molecule has 2 amide bonds. The van der Waals surface area contributed by atoms with Gasteiger partial charge in [-0.1, -0.05) is 49.4 Å². The molecule has 1 aromatic heterocycles. The number of methoxy groups -OCH3 is 1. The lowest BCUT2D eigenvalue weighted by Crippen LogP contribution is -2.49. The molecule has 3 aromatic rings. The van der Waals surface area contributed by atoms with Gasteiger partial charge >= 0.3 is 6.09 Å². The second-order valence-electron chi connectivity index (χ2n) is 7.42. The predicted octanol–water partition coefficient (Wildman–Crippen LogP) is 3.66. The third kappa shape index (κ3) is 6.55. The number of aromatic nitrogens is 1. The third-order valence-electron chi connectivity index (χ3n) is 5.04. The smallest absolute Gasteiger partial charge is 0.407 e. The second-order valence-corrected chi connectivity index (χ2v) is 8.31. The molecule has 0 aliphatic carbocycles. The number of anilines is 1. The Morgan fingerprint density at radius 3 is 2.34 bits per heavy atom. The minimum Gasteiger partial charge on any atom is -0.453 e. The molecule has 2 unspecified atom stereocenters. The fourth-order valence-corrected chi connectivity index (χ4v) is 4.22. The van der Waals surface area contributed by atoms with E-state index < -0.39 is 12.1 Å². The number of carbonyl (C=O) groups excluding carboxylic acids is 2. The number of hydrogen-bond donors (Lipinski definition) is 3. The molecule has 0 fully saturated rings. The minimum absolute atomic E-state index is 0.298. The Bertz CT molecular complexity index is 1020. The molecule has 8 heteroatoms. The van der Waals surface area contributed by atoms with Gasteiger partial charge in [0.25, 0.3) is 0 Å². The summed E-state index contributed by atoms with van der Waals surface area (Å²) < 4.78 is 4.73. The van der Waals surface area contributed by atoms with E-state index in [2.05, 4.69) is 15.6 Å². The van der Waals surface area contributed by atoms with E-state index in [0.29, 0.717) is 18.5 Å². The van der Waals surface area contributed by atoms with Crippen molar-refractivity contribution in [3.8, 4) is 0 Å². The van der Waals surface area contributed by atoms with Gasteiger partial charge in [-0.2, -0.15) is 0 Å². The van der Waals surface area contributed by atoms with Gasteiger partial charge in [0.05, 0.1) is 18.8 Å². The van der Waals surface area contributed by atoms with Crippen LogP contribution in [0.5, 0.6) is 0 Å². The van der Waals surface area contributed by atoms with Crippen LogP contribution in [0.4, 0.5) is 10.5 Å². The molecule has 0 saturated carbocycles. The lowest BCUT2D eigenvalue weighted by atomic mass is 10.0. The highest BCUT2D eigenvalue weighted by molar-refractivity contribution is 7.09. The molecule has 3 rings (SSSR count). The lowest BCUT2D eigenvalue weighted by Gasteiger charge is -2.22. The Labute approximate surface area is 192 Å². The number of nitrogen functional groups attached to an aromatic ring is 1. The van der Waals surface area contributed by atoms with Gasteiger partial charge in [-0.25, -0.2) is 9.78 Å². The van der Waals surface area contributed by atoms with E-state index >= 15 is 0 Å². The Hall–Kier alpha value is -3.39. The fourth-order valence-electron chi connectivity index (χ4n) is 3.27.